The summed E-state index contributed by atoms with van der Waals surface area (Å²) in [5.74, 6) is -2.46. The third-order valence-corrected chi connectivity index (χ3v) is 5.78. The fraction of sp³-hybridized carbons (Fsp3) is 0.438. The van der Waals surface area contributed by atoms with Crippen LogP contribution < -0.4 is 5.32 Å². The van der Waals surface area contributed by atoms with E-state index in [9.17, 15) is 17.2 Å². The van der Waals surface area contributed by atoms with Crippen LogP contribution in [0.15, 0.2) is 41.6 Å². The minimum Gasteiger partial charge on any atom is -0.337 e. The first kappa shape index (κ1) is 18.0. The van der Waals surface area contributed by atoms with Gasteiger partial charge in [-0.25, -0.2) is 13.4 Å². The van der Waals surface area contributed by atoms with E-state index in [0.717, 1.165) is 31.0 Å². The monoisotopic (exact) mass is 370 g/mol. The van der Waals surface area contributed by atoms with Gasteiger partial charge in [0.15, 0.2) is 0 Å². The first-order valence-electron chi connectivity index (χ1n) is 7.92. The van der Waals surface area contributed by atoms with Crippen molar-refractivity contribution in [3.63, 3.8) is 0 Å². The Morgan fingerprint density at radius 3 is 2.64 bits per heavy atom. The number of sulfone groups is 1. The van der Waals surface area contributed by atoms with Gasteiger partial charge in [0, 0.05) is 45.6 Å². The van der Waals surface area contributed by atoms with Crippen molar-refractivity contribution in [2.45, 2.75) is 23.2 Å². The molecule has 0 bridgehead atoms. The number of imidazole rings is 1. The summed E-state index contributed by atoms with van der Waals surface area (Å²) >= 11 is 0. The van der Waals surface area contributed by atoms with Crippen molar-refractivity contribution in [2.75, 3.05) is 19.6 Å². The summed E-state index contributed by atoms with van der Waals surface area (Å²) in [5, 5.41) is 3.35. The molecule has 1 aromatic carbocycles. The van der Waals surface area contributed by atoms with Crippen molar-refractivity contribution in [2.24, 2.45) is 7.05 Å². The standard InChI is InChI=1S/C16H20F2N4O2S/c1-21-8-7-20-15(21)14-10-19-6-9-22(14)11-12-2-4-13(5-3-12)25(23,24)16(17)18/h2-5,7-8,14,16,19H,6,9-11H2,1H3. The molecule has 9 heteroatoms. The summed E-state index contributed by atoms with van der Waals surface area (Å²) in [4.78, 5) is 6.31. The van der Waals surface area contributed by atoms with Crippen molar-refractivity contribution in [3.8, 4) is 0 Å². The number of benzene rings is 1. The van der Waals surface area contributed by atoms with Crippen molar-refractivity contribution in [1.82, 2.24) is 19.8 Å². The van der Waals surface area contributed by atoms with Crippen molar-refractivity contribution >= 4 is 9.84 Å². The molecule has 1 aliphatic heterocycles. The summed E-state index contributed by atoms with van der Waals surface area (Å²) in [6.07, 6.45) is 3.65. The molecule has 136 valence electrons. The highest BCUT2D eigenvalue weighted by molar-refractivity contribution is 7.91. The van der Waals surface area contributed by atoms with Gasteiger partial charge in [-0.15, -0.1) is 0 Å². The van der Waals surface area contributed by atoms with Gasteiger partial charge in [0.2, 0.25) is 9.84 Å². The molecule has 0 radical (unpaired) electrons. The van der Waals surface area contributed by atoms with Crippen LogP contribution >= 0.6 is 0 Å². The highest BCUT2D eigenvalue weighted by Gasteiger charge is 2.28. The molecular formula is C16H20F2N4O2S. The Hall–Kier alpha value is -1.84. The topological polar surface area (TPSA) is 67.2 Å². The number of hydrogen-bond donors (Lipinski definition) is 1. The molecule has 1 fully saturated rings. The van der Waals surface area contributed by atoms with E-state index in [0.29, 0.717) is 6.54 Å². The Kier molecular flexibility index (Phi) is 5.16. The zero-order valence-electron chi connectivity index (χ0n) is 13.8. The van der Waals surface area contributed by atoms with Crippen LogP contribution in [0.3, 0.4) is 0 Å². The molecule has 1 unspecified atom stereocenters. The molecule has 0 saturated carbocycles. The Morgan fingerprint density at radius 2 is 2.04 bits per heavy atom. The van der Waals surface area contributed by atoms with Crippen LogP contribution in [0.5, 0.6) is 0 Å². The lowest BCUT2D eigenvalue weighted by molar-refractivity contribution is 0.144. The average molecular weight is 370 g/mol. The van der Waals surface area contributed by atoms with Crippen LogP contribution in [0.4, 0.5) is 8.78 Å². The van der Waals surface area contributed by atoms with E-state index in [-0.39, 0.29) is 10.9 Å². The predicted molar refractivity (Wildman–Crippen MR) is 88.9 cm³/mol. The smallest absolute Gasteiger partial charge is 0.337 e. The summed E-state index contributed by atoms with van der Waals surface area (Å²) in [6, 6.07) is 5.77. The zero-order valence-corrected chi connectivity index (χ0v) is 14.6. The van der Waals surface area contributed by atoms with E-state index in [2.05, 4.69) is 15.2 Å². The molecule has 3 rings (SSSR count). The molecule has 2 aromatic rings. The normalized spacial score (nSPS) is 19.4. The number of rotatable bonds is 5. The summed E-state index contributed by atoms with van der Waals surface area (Å²) < 4.78 is 50.2. The Labute approximate surface area is 145 Å². The van der Waals surface area contributed by atoms with Gasteiger partial charge in [-0.2, -0.15) is 8.78 Å². The number of halogens is 2. The Morgan fingerprint density at radius 1 is 1.32 bits per heavy atom. The number of piperazine rings is 1. The second-order valence-corrected chi connectivity index (χ2v) is 7.95. The van der Waals surface area contributed by atoms with Crippen molar-refractivity contribution < 1.29 is 17.2 Å². The number of nitrogens with zero attached hydrogens (tertiary/aromatic N) is 3. The fourth-order valence-corrected chi connectivity index (χ4v) is 3.73. The molecule has 1 saturated heterocycles. The lowest BCUT2D eigenvalue weighted by Crippen LogP contribution is -2.46. The van der Waals surface area contributed by atoms with Crippen molar-refractivity contribution in [3.05, 3.63) is 48.0 Å². The molecule has 1 aliphatic rings. The van der Waals surface area contributed by atoms with E-state index in [1.165, 1.54) is 12.1 Å². The number of aryl methyl sites for hydroxylation is 1. The molecule has 6 nitrogen and oxygen atoms in total. The van der Waals surface area contributed by atoms with Gasteiger partial charge in [-0.05, 0) is 17.7 Å². The van der Waals surface area contributed by atoms with Gasteiger partial charge in [0.05, 0.1) is 10.9 Å². The highest BCUT2D eigenvalue weighted by Crippen LogP contribution is 2.24. The first-order chi connectivity index (χ1) is 11.9. The van der Waals surface area contributed by atoms with Crippen LogP contribution in [0, 0.1) is 0 Å². The van der Waals surface area contributed by atoms with Crippen LogP contribution in [-0.4, -0.2) is 48.3 Å². The minimum absolute atomic E-state index is 0.0956. The average Bonchev–Trinajstić information content (AvgIpc) is 3.01. The molecular weight excluding hydrogens is 350 g/mol. The summed E-state index contributed by atoms with van der Waals surface area (Å²) in [7, 11) is -2.61. The predicted octanol–water partition coefficient (Wildman–Crippen LogP) is 1.56. The van der Waals surface area contributed by atoms with Gasteiger partial charge >= 0.3 is 5.76 Å². The lowest BCUT2D eigenvalue weighted by atomic mass is 10.1. The van der Waals surface area contributed by atoms with Crippen LogP contribution in [0.2, 0.25) is 0 Å². The SMILES string of the molecule is Cn1ccnc1C1CNCCN1Cc1ccc(S(=O)(=O)C(F)F)cc1. The third-order valence-electron chi connectivity index (χ3n) is 4.38. The van der Waals surface area contributed by atoms with Crippen LogP contribution in [0.1, 0.15) is 17.4 Å². The van der Waals surface area contributed by atoms with Crippen LogP contribution in [0.25, 0.3) is 0 Å². The van der Waals surface area contributed by atoms with Gasteiger partial charge in [-0.1, -0.05) is 12.1 Å². The maximum absolute atomic E-state index is 12.6. The second kappa shape index (κ2) is 7.19. The fourth-order valence-electron chi connectivity index (χ4n) is 3.01. The van der Waals surface area contributed by atoms with Crippen molar-refractivity contribution in [1.29, 1.82) is 0 Å². The van der Waals surface area contributed by atoms with Gasteiger partial charge < -0.3 is 9.88 Å². The van der Waals surface area contributed by atoms with E-state index in [4.69, 9.17) is 0 Å². The van der Waals surface area contributed by atoms with E-state index in [1.54, 1.807) is 18.3 Å². The summed E-state index contributed by atoms with van der Waals surface area (Å²) in [5.41, 5.74) is 0.870. The maximum atomic E-state index is 12.6. The van der Waals surface area contributed by atoms with Crippen LogP contribution in [-0.2, 0) is 23.4 Å². The largest absolute Gasteiger partial charge is 0.341 e. The van der Waals surface area contributed by atoms with E-state index >= 15 is 0 Å². The number of aromatic nitrogens is 2. The number of alkyl halides is 2. The van der Waals surface area contributed by atoms with Gasteiger partial charge in [-0.3, -0.25) is 4.90 Å². The van der Waals surface area contributed by atoms with E-state index < -0.39 is 15.6 Å². The zero-order chi connectivity index (χ0) is 18.0. The lowest BCUT2D eigenvalue weighted by Gasteiger charge is -2.35. The van der Waals surface area contributed by atoms with E-state index in [1.807, 2.05) is 17.8 Å². The minimum atomic E-state index is -4.55. The quantitative estimate of drug-likeness (QED) is 0.865. The molecule has 0 amide bonds. The molecule has 0 aliphatic carbocycles. The highest BCUT2D eigenvalue weighted by atomic mass is 32.2. The summed E-state index contributed by atoms with van der Waals surface area (Å²) in [6.45, 7) is 3.02. The molecule has 0 spiro atoms. The van der Waals surface area contributed by atoms with Gasteiger partial charge in [0.25, 0.3) is 0 Å². The maximum Gasteiger partial charge on any atom is 0.341 e. The molecule has 1 atom stereocenters. The molecule has 2 heterocycles. The third kappa shape index (κ3) is 3.73. The Bertz CT molecular complexity index is 821. The molecule has 25 heavy (non-hydrogen) atoms. The molecule has 1 N–H and O–H groups in total. The second-order valence-electron chi connectivity index (χ2n) is 6.04. The number of hydrogen-bond acceptors (Lipinski definition) is 5. The first-order valence-corrected chi connectivity index (χ1v) is 9.47. The number of nitrogens with one attached hydrogen (secondary N) is 1. The Balaban J connectivity index is 1.78. The molecule has 1 aromatic heterocycles. The van der Waals surface area contributed by atoms with Gasteiger partial charge in [0.1, 0.15) is 5.82 Å².